The summed E-state index contributed by atoms with van der Waals surface area (Å²) < 4.78 is 11.5. The zero-order valence-corrected chi connectivity index (χ0v) is 14.4. The molecule has 6 heteroatoms. The van der Waals surface area contributed by atoms with Crippen LogP contribution in [-0.2, 0) is 0 Å². The average molecular weight is 393 g/mol. The van der Waals surface area contributed by atoms with E-state index in [9.17, 15) is 4.79 Å². The van der Waals surface area contributed by atoms with E-state index in [1.165, 1.54) is 13.2 Å². The third kappa shape index (κ3) is 3.46. The van der Waals surface area contributed by atoms with Gasteiger partial charge in [0.2, 0.25) is 5.89 Å². The Morgan fingerprint density at radius 1 is 1.13 bits per heavy atom. The summed E-state index contributed by atoms with van der Waals surface area (Å²) in [6, 6.07) is 13.9. The van der Waals surface area contributed by atoms with E-state index in [2.05, 4.69) is 20.9 Å². The number of nitrogens with zero attached hydrogens (tertiary/aromatic N) is 1. The largest absolute Gasteiger partial charge is 0.496 e. The smallest absolute Gasteiger partial charge is 0.339 e. The second-order valence-corrected chi connectivity index (χ2v) is 6.07. The van der Waals surface area contributed by atoms with Crippen LogP contribution < -0.4 is 10.4 Å². The molecule has 0 fully saturated rings. The number of rotatable bonds is 3. The summed E-state index contributed by atoms with van der Waals surface area (Å²) in [7, 11) is 1.53. The van der Waals surface area contributed by atoms with Crippen molar-refractivity contribution >= 4 is 27.5 Å². The van der Waals surface area contributed by atoms with Gasteiger partial charge in [-0.05, 0) is 30.3 Å². The number of halogens is 2. The first kappa shape index (κ1) is 15.8. The molecule has 3 rings (SSSR count). The molecule has 23 heavy (non-hydrogen) atoms. The van der Waals surface area contributed by atoms with Crippen LogP contribution in [0.15, 0.2) is 62.2 Å². The molecule has 0 aliphatic rings. The Morgan fingerprint density at radius 2 is 1.87 bits per heavy atom. The summed E-state index contributed by atoms with van der Waals surface area (Å²) in [5, 5.41) is 0.499. The molecule has 0 atom stereocenters. The molecule has 0 radical (unpaired) electrons. The monoisotopic (exact) mass is 391 g/mol. The highest BCUT2D eigenvalue weighted by atomic mass is 79.9. The van der Waals surface area contributed by atoms with E-state index in [4.69, 9.17) is 20.8 Å². The van der Waals surface area contributed by atoms with E-state index < -0.39 is 5.63 Å². The van der Waals surface area contributed by atoms with Gasteiger partial charge in [0.25, 0.3) is 0 Å². The summed E-state index contributed by atoms with van der Waals surface area (Å²) in [4.78, 5) is 16.4. The van der Waals surface area contributed by atoms with Gasteiger partial charge in [-0.15, -0.1) is 0 Å². The number of aromatic nitrogens is 1. The number of methoxy groups -OCH3 is 1. The Kier molecular flexibility index (Phi) is 4.50. The standard InChI is InChI=1S/C17H11BrClNO3/c1-22-15-7-6-12(19)8-13(15)17-20-14(9-16(21)23-17)10-2-4-11(18)5-3-10/h2-9H,1H3. The zero-order valence-electron chi connectivity index (χ0n) is 12.0. The lowest BCUT2D eigenvalue weighted by molar-refractivity contribution is 0.412. The second-order valence-electron chi connectivity index (χ2n) is 4.72. The lowest BCUT2D eigenvalue weighted by atomic mass is 10.1. The molecule has 0 aliphatic carbocycles. The Balaban J connectivity index is 2.17. The van der Waals surface area contributed by atoms with Crippen LogP contribution in [0.4, 0.5) is 0 Å². The molecule has 0 aliphatic heterocycles. The molecule has 0 saturated carbocycles. The van der Waals surface area contributed by atoms with Gasteiger partial charge in [-0.3, -0.25) is 0 Å². The molecule has 0 N–H and O–H groups in total. The van der Waals surface area contributed by atoms with Gasteiger partial charge in [-0.1, -0.05) is 39.7 Å². The molecule has 116 valence electrons. The van der Waals surface area contributed by atoms with Crippen molar-refractivity contribution in [2.24, 2.45) is 0 Å². The van der Waals surface area contributed by atoms with Gasteiger partial charge in [0.15, 0.2) is 0 Å². The molecule has 4 nitrogen and oxygen atoms in total. The average Bonchev–Trinajstić information content (AvgIpc) is 2.55. The quantitative estimate of drug-likeness (QED) is 0.643. The summed E-state index contributed by atoms with van der Waals surface area (Å²) in [6.07, 6.45) is 0. The predicted molar refractivity (Wildman–Crippen MR) is 92.9 cm³/mol. The van der Waals surface area contributed by atoms with Crippen molar-refractivity contribution in [1.82, 2.24) is 4.98 Å². The highest BCUT2D eigenvalue weighted by molar-refractivity contribution is 9.10. The van der Waals surface area contributed by atoms with E-state index in [0.717, 1.165) is 10.0 Å². The van der Waals surface area contributed by atoms with Gasteiger partial charge in [0.05, 0.1) is 24.4 Å². The van der Waals surface area contributed by atoms with Gasteiger partial charge in [0, 0.05) is 15.1 Å². The topological polar surface area (TPSA) is 52.3 Å². The molecule has 0 amide bonds. The number of hydrogen-bond acceptors (Lipinski definition) is 4. The van der Waals surface area contributed by atoms with Gasteiger partial charge in [0.1, 0.15) is 5.75 Å². The summed E-state index contributed by atoms with van der Waals surface area (Å²) in [5.74, 6) is 0.688. The minimum absolute atomic E-state index is 0.162. The van der Waals surface area contributed by atoms with Crippen LogP contribution in [0.5, 0.6) is 5.75 Å². The number of benzene rings is 2. The second kappa shape index (κ2) is 6.56. The van der Waals surface area contributed by atoms with Crippen molar-refractivity contribution < 1.29 is 9.15 Å². The third-order valence-corrected chi connectivity index (χ3v) is 3.97. The van der Waals surface area contributed by atoms with E-state index in [1.54, 1.807) is 18.2 Å². The highest BCUT2D eigenvalue weighted by Gasteiger charge is 2.13. The molecule has 2 aromatic carbocycles. The molecule has 0 saturated heterocycles. The lowest BCUT2D eigenvalue weighted by Gasteiger charge is -2.08. The lowest BCUT2D eigenvalue weighted by Crippen LogP contribution is -2.02. The van der Waals surface area contributed by atoms with E-state index >= 15 is 0 Å². The molecule has 1 aromatic heterocycles. The Morgan fingerprint density at radius 3 is 2.57 bits per heavy atom. The van der Waals surface area contributed by atoms with Gasteiger partial charge in [-0.2, -0.15) is 0 Å². The van der Waals surface area contributed by atoms with Crippen LogP contribution in [0.2, 0.25) is 5.02 Å². The van der Waals surface area contributed by atoms with Crippen LogP contribution in [-0.4, -0.2) is 12.1 Å². The van der Waals surface area contributed by atoms with Crippen molar-refractivity contribution in [2.75, 3.05) is 7.11 Å². The molecule has 1 heterocycles. The Labute approximate surface area is 145 Å². The molecule has 0 bridgehead atoms. The molecule has 0 unspecified atom stereocenters. The Bertz CT molecular complexity index is 906. The first-order valence-corrected chi connectivity index (χ1v) is 7.86. The predicted octanol–water partition coefficient (Wildman–Crippen LogP) is 4.79. The van der Waals surface area contributed by atoms with Crippen molar-refractivity contribution in [3.05, 3.63) is 68.4 Å². The summed E-state index contributed by atoms with van der Waals surface area (Å²) in [5.41, 5.74) is 1.36. The summed E-state index contributed by atoms with van der Waals surface area (Å²) >= 11 is 9.41. The first-order valence-electron chi connectivity index (χ1n) is 6.69. The van der Waals surface area contributed by atoms with E-state index in [0.29, 0.717) is 22.0 Å². The van der Waals surface area contributed by atoms with Crippen LogP contribution in [0.3, 0.4) is 0 Å². The fraction of sp³-hybridized carbons (Fsp3) is 0.0588. The van der Waals surface area contributed by atoms with Crippen molar-refractivity contribution in [2.45, 2.75) is 0 Å². The van der Waals surface area contributed by atoms with Gasteiger partial charge < -0.3 is 9.15 Å². The fourth-order valence-corrected chi connectivity index (χ4v) is 2.57. The molecule has 3 aromatic rings. The van der Waals surface area contributed by atoms with Crippen LogP contribution in [0, 0.1) is 0 Å². The van der Waals surface area contributed by atoms with E-state index in [-0.39, 0.29) is 5.89 Å². The maximum atomic E-state index is 11.9. The minimum Gasteiger partial charge on any atom is -0.496 e. The van der Waals surface area contributed by atoms with Crippen LogP contribution in [0.25, 0.3) is 22.7 Å². The number of hydrogen-bond donors (Lipinski definition) is 0. The maximum Gasteiger partial charge on any atom is 0.339 e. The Hall–Kier alpha value is -2.11. The molecule has 0 spiro atoms. The van der Waals surface area contributed by atoms with Crippen molar-refractivity contribution in [3.8, 4) is 28.5 Å². The number of ether oxygens (including phenoxy) is 1. The van der Waals surface area contributed by atoms with Crippen molar-refractivity contribution in [1.29, 1.82) is 0 Å². The van der Waals surface area contributed by atoms with Crippen LogP contribution in [0.1, 0.15) is 0 Å². The zero-order chi connectivity index (χ0) is 16.4. The molecular formula is C17H11BrClNO3. The normalized spacial score (nSPS) is 10.6. The van der Waals surface area contributed by atoms with E-state index in [1.807, 2.05) is 24.3 Å². The SMILES string of the molecule is COc1ccc(Cl)cc1-c1nc(-c2ccc(Br)cc2)cc(=O)o1. The highest BCUT2D eigenvalue weighted by Crippen LogP contribution is 2.32. The van der Waals surface area contributed by atoms with Crippen LogP contribution >= 0.6 is 27.5 Å². The first-order chi connectivity index (χ1) is 11.1. The van der Waals surface area contributed by atoms with Crippen molar-refractivity contribution in [3.63, 3.8) is 0 Å². The van der Waals surface area contributed by atoms with Gasteiger partial charge >= 0.3 is 5.63 Å². The fourth-order valence-electron chi connectivity index (χ4n) is 2.13. The molecular weight excluding hydrogens is 382 g/mol. The van der Waals surface area contributed by atoms with Gasteiger partial charge in [-0.25, -0.2) is 9.78 Å². The maximum absolute atomic E-state index is 11.9. The summed E-state index contributed by atoms with van der Waals surface area (Å²) in [6.45, 7) is 0. The minimum atomic E-state index is -0.491. The third-order valence-electron chi connectivity index (χ3n) is 3.21.